The SMILES string of the molecule is Nc1nnnn1-c1nn[nH]n1.[KH]. The van der Waals surface area contributed by atoms with Crippen molar-refractivity contribution < 1.29 is 0 Å². The first-order valence-electron chi connectivity index (χ1n) is 2.65. The van der Waals surface area contributed by atoms with Crippen LogP contribution in [-0.4, -0.2) is 92.2 Å². The fourth-order valence-corrected chi connectivity index (χ4v) is 0.583. The Bertz CT molecular complexity index is 335. The third-order valence-corrected chi connectivity index (χ3v) is 1.02. The zero-order valence-electron chi connectivity index (χ0n) is 5.21. The van der Waals surface area contributed by atoms with Gasteiger partial charge in [-0.25, -0.2) is 0 Å². The van der Waals surface area contributed by atoms with Crippen molar-refractivity contribution in [2.24, 2.45) is 0 Å². The molecule has 58 valence electrons. The molecule has 0 aliphatic heterocycles. The summed E-state index contributed by atoms with van der Waals surface area (Å²) in [6.07, 6.45) is 0. The van der Waals surface area contributed by atoms with Gasteiger partial charge in [0.1, 0.15) is 0 Å². The second kappa shape index (κ2) is 4.00. The van der Waals surface area contributed by atoms with E-state index in [1.807, 2.05) is 0 Å². The van der Waals surface area contributed by atoms with Crippen LogP contribution in [0.1, 0.15) is 0 Å². The van der Waals surface area contributed by atoms with Crippen molar-refractivity contribution in [2.75, 3.05) is 5.73 Å². The van der Waals surface area contributed by atoms with Gasteiger partial charge in [0.25, 0.3) is 5.95 Å². The number of anilines is 1. The first-order chi connectivity index (χ1) is 5.38. The molecule has 10 heteroatoms. The maximum absolute atomic E-state index is 5.34. The second-order valence-electron chi connectivity index (χ2n) is 1.66. The quantitative estimate of drug-likeness (QED) is 0.466. The average Bonchev–Trinajstić information content (AvgIpc) is 2.55. The average molecular weight is 193 g/mol. The van der Waals surface area contributed by atoms with Crippen LogP contribution in [0.4, 0.5) is 5.95 Å². The molecule has 0 atom stereocenters. The van der Waals surface area contributed by atoms with Crippen LogP contribution in [0.2, 0.25) is 0 Å². The normalized spacial score (nSPS) is 9.33. The minimum absolute atomic E-state index is 0. The van der Waals surface area contributed by atoms with E-state index in [-0.39, 0.29) is 63.3 Å². The van der Waals surface area contributed by atoms with E-state index in [9.17, 15) is 0 Å². The zero-order valence-corrected chi connectivity index (χ0v) is 5.21. The van der Waals surface area contributed by atoms with E-state index < -0.39 is 0 Å². The number of hydrogen-bond acceptors (Lipinski definition) is 7. The van der Waals surface area contributed by atoms with Crippen LogP contribution in [0.5, 0.6) is 0 Å². The van der Waals surface area contributed by atoms with Crippen LogP contribution in [0.25, 0.3) is 5.95 Å². The molecule has 0 aliphatic carbocycles. The number of hydrogen-bond donors (Lipinski definition) is 2. The van der Waals surface area contributed by atoms with Crippen molar-refractivity contribution in [3.05, 3.63) is 0 Å². The fraction of sp³-hybridized carbons (Fsp3) is 0. The van der Waals surface area contributed by atoms with Gasteiger partial charge in [-0.3, -0.25) is 0 Å². The number of nitrogens with two attached hydrogens (primary N) is 1. The molecule has 2 heterocycles. The molecular formula is C2H4KN9. The van der Waals surface area contributed by atoms with E-state index in [4.69, 9.17) is 5.73 Å². The summed E-state index contributed by atoms with van der Waals surface area (Å²) in [6, 6.07) is 0. The van der Waals surface area contributed by atoms with Crippen LogP contribution in [0, 0.1) is 0 Å². The fourth-order valence-electron chi connectivity index (χ4n) is 0.583. The van der Waals surface area contributed by atoms with E-state index in [0.717, 1.165) is 4.68 Å². The molecule has 0 saturated carbocycles. The summed E-state index contributed by atoms with van der Waals surface area (Å²) in [4.78, 5) is 0. The van der Waals surface area contributed by atoms with E-state index >= 15 is 0 Å². The van der Waals surface area contributed by atoms with E-state index in [2.05, 4.69) is 36.1 Å². The van der Waals surface area contributed by atoms with Gasteiger partial charge >= 0.3 is 51.4 Å². The van der Waals surface area contributed by atoms with Gasteiger partial charge in [-0.2, -0.15) is 5.21 Å². The molecule has 0 bridgehead atoms. The Balaban J connectivity index is 0.000000720. The number of H-pyrrole nitrogens is 1. The third-order valence-electron chi connectivity index (χ3n) is 1.02. The first-order valence-corrected chi connectivity index (χ1v) is 2.65. The zero-order chi connectivity index (χ0) is 7.68. The third kappa shape index (κ3) is 1.66. The van der Waals surface area contributed by atoms with Crippen molar-refractivity contribution in [3.8, 4) is 5.95 Å². The van der Waals surface area contributed by atoms with Crippen LogP contribution in [0.15, 0.2) is 0 Å². The summed E-state index contributed by atoms with van der Waals surface area (Å²) in [5.74, 6) is 0.332. The molecule has 0 saturated heterocycles. The number of rotatable bonds is 1. The molecule has 0 aromatic carbocycles. The Hall–Kier alpha value is -0.424. The van der Waals surface area contributed by atoms with E-state index in [1.165, 1.54) is 0 Å². The number of nitrogen functional groups attached to an aromatic ring is 1. The molecular weight excluding hydrogens is 189 g/mol. The standard InChI is InChI=1S/C2H3N9.K.H/c3-1-4-9-10-11(1)2-5-7-8-6-2;;/h(H2,3,4,10)(H,5,6,7,8);;. The molecule has 0 radical (unpaired) electrons. The Morgan fingerprint density at radius 3 is 2.67 bits per heavy atom. The molecule has 2 aromatic rings. The Morgan fingerprint density at radius 1 is 1.33 bits per heavy atom. The molecule has 2 rings (SSSR count). The molecule has 3 N–H and O–H groups in total. The number of nitrogens with zero attached hydrogens (tertiary/aromatic N) is 7. The molecule has 0 aliphatic rings. The van der Waals surface area contributed by atoms with Crippen molar-refractivity contribution in [2.45, 2.75) is 0 Å². The summed E-state index contributed by atoms with van der Waals surface area (Å²) in [7, 11) is 0. The van der Waals surface area contributed by atoms with Crippen molar-refractivity contribution in [3.63, 3.8) is 0 Å². The van der Waals surface area contributed by atoms with Crippen molar-refractivity contribution in [1.82, 2.24) is 40.8 Å². The van der Waals surface area contributed by atoms with Crippen molar-refractivity contribution in [1.29, 1.82) is 0 Å². The summed E-state index contributed by atoms with van der Waals surface area (Å²) in [5, 5.41) is 23.0. The summed E-state index contributed by atoms with van der Waals surface area (Å²) < 4.78 is 1.16. The summed E-state index contributed by atoms with van der Waals surface area (Å²) in [6.45, 7) is 0. The number of aromatic nitrogens is 8. The molecule has 12 heavy (non-hydrogen) atoms. The first kappa shape index (κ1) is 9.66. The van der Waals surface area contributed by atoms with E-state index in [1.54, 1.807) is 0 Å². The van der Waals surface area contributed by atoms with Crippen LogP contribution >= 0.6 is 0 Å². The maximum atomic E-state index is 5.34. The number of aromatic amines is 1. The molecule has 9 nitrogen and oxygen atoms in total. The van der Waals surface area contributed by atoms with Gasteiger partial charge in [0.05, 0.1) is 0 Å². The minimum atomic E-state index is 0. The summed E-state index contributed by atoms with van der Waals surface area (Å²) >= 11 is 0. The predicted molar refractivity (Wildman–Crippen MR) is 38.5 cm³/mol. The number of nitrogens with one attached hydrogen (secondary N) is 1. The van der Waals surface area contributed by atoms with Crippen molar-refractivity contribution >= 4 is 57.3 Å². The van der Waals surface area contributed by atoms with Gasteiger partial charge in [0.2, 0.25) is 5.95 Å². The second-order valence-corrected chi connectivity index (χ2v) is 1.66. The van der Waals surface area contributed by atoms with Gasteiger partial charge in [0.15, 0.2) is 0 Å². The van der Waals surface area contributed by atoms with Gasteiger partial charge in [-0.05, 0) is 15.6 Å². The van der Waals surface area contributed by atoms with Crippen LogP contribution in [-0.2, 0) is 0 Å². The summed E-state index contributed by atoms with van der Waals surface area (Å²) in [5.41, 5.74) is 5.34. The predicted octanol–water partition coefficient (Wildman–Crippen LogP) is -2.89. The Kier molecular flexibility index (Phi) is 3.22. The topological polar surface area (TPSA) is 124 Å². The Morgan fingerprint density at radius 2 is 2.17 bits per heavy atom. The monoisotopic (exact) mass is 193 g/mol. The number of tetrazole rings is 2. The van der Waals surface area contributed by atoms with Crippen LogP contribution < -0.4 is 5.73 Å². The van der Waals surface area contributed by atoms with E-state index in [0.29, 0.717) is 0 Å². The molecule has 0 unspecified atom stereocenters. The Labute approximate surface area is 109 Å². The molecule has 0 spiro atoms. The van der Waals surface area contributed by atoms with Gasteiger partial charge in [-0.15, -0.1) is 9.78 Å². The molecule has 0 fully saturated rings. The molecule has 2 aromatic heterocycles. The molecule has 0 amide bonds. The van der Waals surface area contributed by atoms with Gasteiger partial charge < -0.3 is 5.73 Å². The van der Waals surface area contributed by atoms with Gasteiger partial charge in [-0.1, -0.05) is 10.2 Å². The van der Waals surface area contributed by atoms with Crippen LogP contribution in [0.3, 0.4) is 0 Å². The van der Waals surface area contributed by atoms with Gasteiger partial charge in [0, 0.05) is 0 Å².